The molecule has 0 bridgehead atoms. The van der Waals surface area contributed by atoms with Gasteiger partial charge >= 0.3 is 5.69 Å². The average Bonchev–Trinajstić information content (AvgIpc) is 3.63. The summed E-state index contributed by atoms with van der Waals surface area (Å²) in [5.41, 5.74) is 4.29. The van der Waals surface area contributed by atoms with Crippen LogP contribution in [-0.4, -0.2) is 49.5 Å². The summed E-state index contributed by atoms with van der Waals surface area (Å²) < 4.78 is 5.15. The van der Waals surface area contributed by atoms with Gasteiger partial charge in [0.05, 0.1) is 12.2 Å². The first-order chi connectivity index (χ1) is 17.2. The first-order valence-corrected chi connectivity index (χ1v) is 11.7. The molecule has 0 aliphatic heterocycles. The van der Waals surface area contributed by atoms with Crippen molar-refractivity contribution in [2.24, 2.45) is 0 Å². The summed E-state index contributed by atoms with van der Waals surface area (Å²) in [6, 6.07) is 11.7. The van der Waals surface area contributed by atoms with Crippen molar-refractivity contribution in [3.8, 4) is 28.6 Å². The number of nitrogens with zero attached hydrogens (tertiary/aromatic N) is 9. The van der Waals surface area contributed by atoms with E-state index in [0.717, 1.165) is 47.3 Å². The predicted molar refractivity (Wildman–Crippen MR) is 130 cm³/mol. The summed E-state index contributed by atoms with van der Waals surface area (Å²) in [7, 11) is 0. The highest BCUT2D eigenvalue weighted by Crippen LogP contribution is 2.28. The molecule has 0 aliphatic rings. The van der Waals surface area contributed by atoms with Crippen LogP contribution in [0.5, 0.6) is 0 Å². The first-order valence-electron chi connectivity index (χ1n) is 11.7. The predicted octanol–water partition coefficient (Wildman–Crippen LogP) is 2.88. The number of imidazole rings is 1. The molecule has 0 saturated heterocycles. The lowest BCUT2D eigenvalue weighted by Crippen LogP contribution is -2.26. The van der Waals surface area contributed by atoms with Crippen molar-refractivity contribution in [1.29, 1.82) is 0 Å². The molecular weight excluding hydrogens is 444 g/mol. The summed E-state index contributed by atoms with van der Waals surface area (Å²) in [6.07, 6.45) is 7.79. The minimum atomic E-state index is -0.134. The molecule has 35 heavy (non-hydrogen) atoms. The summed E-state index contributed by atoms with van der Waals surface area (Å²) in [5.74, 6) is 1.05. The second-order valence-corrected chi connectivity index (χ2v) is 8.23. The first kappa shape index (κ1) is 22.4. The third-order valence-corrected chi connectivity index (χ3v) is 5.77. The Labute approximate surface area is 201 Å². The van der Waals surface area contributed by atoms with Gasteiger partial charge in [-0.3, -0.25) is 9.55 Å². The smallest absolute Gasteiger partial charge is 0.291 e. The minimum absolute atomic E-state index is 0.134. The fraction of sp³-hybridized carbons (Fsp3) is 0.292. The molecule has 5 aromatic rings. The zero-order valence-electron chi connectivity index (χ0n) is 19.7. The highest BCUT2D eigenvalue weighted by atomic mass is 16.2. The van der Waals surface area contributed by atoms with Gasteiger partial charge in [-0.05, 0) is 29.7 Å². The Kier molecular flexibility index (Phi) is 6.29. The lowest BCUT2D eigenvalue weighted by Gasteiger charge is -2.09. The molecule has 0 radical (unpaired) electrons. The van der Waals surface area contributed by atoms with Crippen molar-refractivity contribution < 1.29 is 0 Å². The summed E-state index contributed by atoms with van der Waals surface area (Å²) in [5, 5.41) is 18.6. The molecule has 4 aromatic heterocycles. The van der Waals surface area contributed by atoms with Crippen LogP contribution in [0.25, 0.3) is 28.6 Å². The van der Waals surface area contributed by atoms with Crippen LogP contribution in [0.4, 0.5) is 0 Å². The van der Waals surface area contributed by atoms with Crippen molar-refractivity contribution in [2.75, 3.05) is 0 Å². The van der Waals surface area contributed by atoms with E-state index in [9.17, 15) is 4.79 Å². The van der Waals surface area contributed by atoms with E-state index in [1.807, 2.05) is 42.6 Å². The zero-order valence-corrected chi connectivity index (χ0v) is 19.7. The van der Waals surface area contributed by atoms with E-state index in [1.54, 1.807) is 20.0 Å². The molecule has 5 rings (SSSR count). The molecule has 0 fully saturated rings. The van der Waals surface area contributed by atoms with Gasteiger partial charge in [-0.2, -0.15) is 15.3 Å². The van der Waals surface area contributed by atoms with Crippen LogP contribution < -0.4 is 5.69 Å². The zero-order chi connectivity index (χ0) is 24.2. The van der Waals surface area contributed by atoms with Crippen LogP contribution in [0.2, 0.25) is 0 Å². The van der Waals surface area contributed by atoms with Crippen LogP contribution in [0, 0.1) is 0 Å². The maximum absolute atomic E-state index is 13.4. The van der Waals surface area contributed by atoms with Crippen molar-refractivity contribution in [3.63, 3.8) is 0 Å². The fourth-order valence-corrected chi connectivity index (χ4v) is 4.15. The molecule has 4 heterocycles. The Hall–Kier alpha value is -4.41. The Morgan fingerprint density at radius 1 is 1.00 bits per heavy atom. The van der Waals surface area contributed by atoms with Gasteiger partial charge in [-0.1, -0.05) is 50.6 Å². The van der Waals surface area contributed by atoms with Crippen molar-refractivity contribution in [1.82, 2.24) is 49.5 Å². The van der Waals surface area contributed by atoms with Crippen LogP contribution in [0.15, 0.2) is 59.9 Å². The molecular formula is C24H26N10O. The lowest BCUT2D eigenvalue weighted by molar-refractivity contribution is 0.578. The summed E-state index contributed by atoms with van der Waals surface area (Å²) >= 11 is 0. The van der Waals surface area contributed by atoms with Gasteiger partial charge in [0.25, 0.3) is 0 Å². The van der Waals surface area contributed by atoms with E-state index in [2.05, 4.69) is 49.5 Å². The molecule has 0 amide bonds. The van der Waals surface area contributed by atoms with Crippen LogP contribution in [0.1, 0.15) is 37.9 Å². The molecule has 0 spiro atoms. The molecule has 0 aliphatic carbocycles. The molecule has 0 saturated carbocycles. The van der Waals surface area contributed by atoms with E-state index in [4.69, 9.17) is 0 Å². The maximum atomic E-state index is 13.4. The van der Waals surface area contributed by atoms with Crippen LogP contribution in [0.3, 0.4) is 0 Å². The fourth-order valence-electron chi connectivity index (χ4n) is 4.15. The van der Waals surface area contributed by atoms with Crippen LogP contribution in [-0.2, 0) is 19.5 Å². The molecule has 178 valence electrons. The number of aromatic amines is 1. The normalized spacial score (nSPS) is 11.3. The largest absolute Gasteiger partial charge is 0.335 e. The lowest BCUT2D eigenvalue weighted by atomic mass is 10.0. The van der Waals surface area contributed by atoms with E-state index in [-0.39, 0.29) is 5.69 Å². The quantitative estimate of drug-likeness (QED) is 0.351. The van der Waals surface area contributed by atoms with E-state index >= 15 is 0 Å². The number of hydrogen-bond acceptors (Lipinski definition) is 7. The highest BCUT2D eigenvalue weighted by molar-refractivity contribution is 5.78. The Morgan fingerprint density at radius 3 is 2.57 bits per heavy atom. The Bertz CT molecular complexity index is 1460. The van der Waals surface area contributed by atoms with Gasteiger partial charge in [0, 0.05) is 35.8 Å². The van der Waals surface area contributed by atoms with Gasteiger partial charge < -0.3 is 0 Å². The third kappa shape index (κ3) is 4.39. The molecule has 0 unspecified atom stereocenters. The number of H-pyrrole nitrogens is 1. The number of hydrogen-bond donors (Lipinski definition) is 1. The second-order valence-electron chi connectivity index (χ2n) is 8.23. The number of aromatic nitrogens is 10. The number of tetrazole rings is 1. The molecule has 0 atom stereocenters. The molecule has 1 aromatic carbocycles. The van der Waals surface area contributed by atoms with Gasteiger partial charge in [-0.15, -0.1) is 10.2 Å². The molecule has 1 N–H and O–H groups in total. The van der Waals surface area contributed by atoms with Gasteiger partial charge in [0.15, 0.2) is 0 Å². The Balaban J connectivity index is 1.46. The SMILES string of the molecule is CCCc1cn(-c2ncnn2CCC)c(=O)n1Cc1ccc(-c2ccccc2-c2nn[nH]n2)nc1. The van der Waals surface area contributed by atoms with E-state index < -0.39 is 0 Å². The van der Waals surface area contributed by atoms with Crippen LogP contribution >= 0.6 is 0 Å². The highest BCUT2D eigenvalue weighted by Gasteiger charge is 2.17. The van der Waals surface area contributed by atoms with Crippen molar-refractivity contribution >= 4 is 0 Å². The average molecular weight is 471 g/mol. The van der Waals surface area contributed by atoms with Crippen molar-refractivity contribution in [3.05, 3.63) is 76.9 Å². The monoisotopic (exact) mass is 470 g/mol. The number of nitrogens with one attached hydrogen (secondary N) is 1. The van der Waals surface area contributed by atoms with E-state index in [0.29, 0.717) is 24.9 Å². The maximum Gasteiger partial charge on any atom is 0.335 e. The minimum Gasteiger partial charge on any atom is -0.291 e. The number of aryl methyl sites for hydroxylation is 2. The van der Waals surface area contributed by atoms with E-state index in [1.165, 1.54) is 6.33 Å². The standard InChI is InChI=1S/C24H26N10O/c1-3-7-18-15-33(23-26-16-27-34(23)12-4-2)24(35)32(18)14-17-10-11-21(25-13-17)19-8-5-6-9-20(19)22-28-30-31-29-22/h5-6,8-11,13,15-16H,3-4,7,12,14H2,1-2H3,(H,28,29,30,31). The number of pyridine rings is 1. The summed E-state index contributed by atoms with van der Waals surface area (Å²) in [6.45, 7) is 5.29. The van der Waals surface area contributed by atoms with Gasteiger partial charge in [0.2, 0.25) is 11.8 Å². The van der Waals surface area contributed by atoms with Gasteiger partial charge in [0.1, 0.15) is 6.33 Å². The molecule has 11 heteroatoms. The molecule has 11 nitrogen and oxygen atoms in total. The summed E-state index contributed by atoms with van der Waals surface area (Å²) in [4.78, 5) is 22.4. The second kappa shape index (κ2) is 9.84. The van der Waals surface area contributed by atoms with Gasteiger partial charge in [-0.25, -0.2) is 14.0 Å². The Morgan fingerprint density at radius 2 is 1.86 bits per heavy atom. The topological polar surface area (TPSA) is 125 Å². The number of benzene rings is 1. The third-order valence-electron chi connectivity index (χ3n) is 5.77. The van der Waals surface area contributed by atoms with Crippen molar-refractivity contribution in [2.45, 2.75) is 46.2 Å². The number of rotatable bonds is 9.